The van der Waals surface area contributed by atoms with Crippen molar-refractivity contribution in [2.24, 2.45) is 5.92 Å². The van der Waals surface area contributed by atoms with Crippen molar-refractivity contribution in [2.45, 2.75) is 114 Å². The van der Waals surface area contributed by atoms with E-state index in [1.165, 1.54) is 92.6 Å². The van der Waals surface area contributed by atoms with Gasteiger partial charge in [-0.25, -0.2) is 0 Å². The number of unbranched alkanes of at least 4 members (excludes halogenated alkanes) is 9. The molecule has 0 aliphatic heterocycles. The molecule has 6 nitrogen and oxygen atoms in total. The van der Waals surface area contributed by atoms with Crippen LogP contribution in [0, 0.1) is 5.92 Å². The van der Waals surface area contributed by atoms with Gasteiger partial charge in [-0.3, -0.25) is 0 Å². The minimum absolute atomic E-state index is 0.808. The van der Waals surface area contributed by atoms with Crippen LogP contribution in [0.15, 0.2) is 91.0 Å². The number of rotatable bonds is 30. The second-order valence-electron chi connectivity index (χ2n) is 14.3. The Morgan fingerprint density at radius 3 is 0.788 bits per heavy atom. The van der Waals surface area contributed by atoms with Gasteiger partial charge in [0, 0.05) is 42.7 Å². The minimum atomic E-state index is -2.36. The maximum absolute atomic E-state index is 6.06. The van der Waals surface area contributed by atoms with E-state index < -0.39 is 25.7 Å². The molecule has 9 heteroatoms. The summed E-state index contributed by atoms with van der Waals surface area (Å²) >= 11 is 0. The van der Waals surface area contributed by atoms with Crippen molar-refractivity contribution in [3.63, 3.8) is 0 Å². The fourth-order valence-electron chi connectivity index (χ4n) is 7.94. The Bertz CT molecular complexity index is 1130. The molecule has 0 heterocycles. The first-order valence-corrected chi connectivity index (χ1v) is 26.0. The van der Waals surface area contributed by atoms with Gasteiger partial charge < -0.3 is 26.6 Å². The fraction of sp³-hybridized carbons (Fsp3) is 0.581. The van der Waals surface area contributed by atoms with Crippen molar-refractivity contribution in [3.05, 3.63) is 91.0 Å². The molecule has 3 rings (SSSR count). The summed E-state index contributed by atoms with van der Waals surface area (Å²) in [4.78, 5) is 0. The van der Waals surface area contributed by atoms with Crippen molar-refractivity contribution in [2.75, 3.05) is 42.7 Å². The molecule has 3 aromatic rings. The normalized spacial score (nSPS) is 12.5. The lowest BCUT2D eigenvalue weighted by Crippen LogP contribution is -2.52. The van der Waals surface area contributed by atoms with Crippen LogP contribution in [0.1, 0.15) is 96.3 Å². The van der Waals surface area contributed by atoms with Gasteiger partial charge in [-0.05, 0) is 39.6 Å². The van der Waals surface area contributed by atoms with Crippen molar-refractivity contribution in [3.8, 4) is 0 Å². The van der Waals surface area contributed by atoms with E-state index in [-0.39, 0.29) is 0 Å². The van der Waals surface area contributed by atoms with Crippen LogP contribution in [-0.4, -0.2) is 68.3 Å². The van der Waals surface area contributed by atoms with Crippen molar-refractivity contribution in [1.82, 2.24) is 0 Å². The first-order chi connectivity index (χ1) is 25.5. The Kier molecular flexibility index (Phi) is 21.6. The number of hydrogen-bond acceptors (Lipinski definition) is 6. The van der Waals surface area contributed by atoms with Crippen molar-refractivity contribution in [1.29, 1.82) is 0 Å². The molecule has 0 unspecified atom stereocenters. The van der Waals surface area contributed by atoms with E-state index >= 15 is 0 Å². The lowest BCUT2D eigenvalue weighted by Gasteiger charge is -2.28. The van der Waals surface area contributed by atoms with Gasteiger partial charge in [0.1, 0.15) is 0 Å². The molecule has 0 bridgehead atoms. The Hall–Kier alpha value is -1.93. The highest BCUT2D eigenvalue weighted by atomic mass is 28.4. The van der Waals surface area contributed by atoms with Crippen molar-refractivity contribution >= 4 is 41.2 Å². The highest BCUT2D eigenvalue weighted by Crippen LogP contribution is 2.27. The Morgan fingerprint density at radius 1 is 0.327 bits per heavy atom. The Labute approximate surface area is 320 Å². The van der Waals surface area contributed by atoms with E-state index in [0.29, 0.717) is 0 Å². The summed E-state index contributed by atoms with van der Waals surface area (Å²) < 4.78 is 36.4. The predicted molar refractivity (Wildman–Crippen MR) is 225 cm³/mol. The van der Waals surface area contributed by atoms with Crippen LogP contribution in [0.2, 0.25) is 18.1 Å². The van der Waals surface area contributed by atoms with E-state index in [9.17, 15) is 0 Å². The quantitative estimate of drug-likeness (QED) is 0.0498. The topological polar surface area (TPSA) is 55.4 Å². The van der Waals surface area contributed by atoms with E-state index in [2.05, 4.69) is 91.0 Å². The average molecular weight is 767 g/mol. The van der Waals surface area contributed by atoms with Gasteiger partial charge in [0.2, 0.25) is 0 Å². The van der Waals surface area contributed by atoms with Gasteiger partial charge in [-0.15, -0.1) is 0 Å². The number of hydrogen-bond donors (Lipinski definition) is 0. The summed E-state index contributed by atoms with van der Waals surface area (Å²) in [5.74, 6) is 0.808. The standard InChI is InChI=1S/C43H70O6Si3/c1-44-50(45-2,41-31-19-13-20-32-41)37-25-10-7-16-28-40(29-17-8-11-26-38-51(46-3,47-4)42-33-21-14-22-34-42)30-18-9-12-27-39-52(48-5,49-6)43-35-23-15-24-36-43/h13-15,19-24,31-36,40H,7-12,16-18,25-30,37-39H2,1-6H3. The van der Waals surface area contributed by atoms with E-state index in [4.69, 9.17) is 26.6 Å². The molecule has 0 aromatic heterocycles. The summed E-state index contributed by atoms with van der Waals surface area (Å²) in [6.45, 7) is 0. The summed E-state index contributed by atoms with van der Waals surface area (Å²) in [6, 6.07) is 34.7. The van der Waals surface area contributed by atoms with Crippen LogP contribution in [0.5, 0.6) is 0 Å². The van der Waals surface area contributed by atoms with Gasteiger partial charge in [-0.2, -0.15) is 0 Å². The summed E-state index contributed by atoms with van der Waals surface area (Å²) in [5.41, 5.74) is 0. The molecular weight excluding hydrogens is 697 g/mol. The van der Waals surface area contributed by atoms with Gasteiger partial charge >= 0.3 is 25.7 Å². The molecule has 0 fully saturated rings. The van der Waals surface area contributed by atoms with Crippen LogP contribution in [0.3, 0.4) is 0 Å². The molecule has 0 saturated heterocycles. The van der Waals surface area contributed by atoms with E-state index in [1.807, 2.05) is 42.7 Å². The third-order valence-electron chi connectivity index (χ3n) is 11.2. The first-order valence-electron chi connectivity index (χ1n) is 19.9. The van der Waals surface area contributed by atoms with Crippen LogP contribution in [0.25, 0.3) is 0 Å². The molecular formula is C43H70O6Si3. The SMILES string of the molecule is CO[Si](CCCCCCC(CCCCCC[Si](OC)(OC)c1ccccc1)CCCCCC[Si](OC)(OC)c1ccccc1)(OC)c1ccccc1. The van der Waals surface area contributed by atoms with Gasteiger partial charge in [0.15, 0.2) is 0 Å². The van der Waals surface area contributed by atoms with Gasteiger partial charge in [-0.1, -0.05) is 187 Å². The van der Waals surface area contributed by atoms with E-state index in [0.717, 1.165) is 43.3 Å². The van der Waals surface area contributed by atoms with Gasteiger partial charge in [0.25, 0.3) is 0 Å². The van der Waals surface area contributed by atoms with Crippen LogP contribution in [-0.2, 0) is 26.6 Å². The van der Waals surface area contributed by atoms with Crippen molar-refractivity contribution < 1.29 is 26.6 Å². The zero-order valence-electron chi connectivity index (χ0n) is 33.4. The van der Waals surface area contributed by atoms with Gasteiger partial charge in [0.05, 0.1) is 0 Å². The highest BCUT2D eigenvalue weighted by Gasteiger charge is 2.39. The third-order valence-corrected chi connectivity index (χ3v) is 21.9. The molecule has 52 heavy (non-hydrogen) atoms. The van der Waals surface area contributed by atoms with Crippen LogP contribution in [0.4, 0.5) is 0 Å². The highest BCUT2D eigenvalue weighted by molar-refractivity contribution is 6.82. The number of benzene rings is 3. The Morgan fingerprint density at radius 2 is 0.558 bits per heavy atom. The summed E-state index contributed by atoms with van der Waals surface area (Å²) in [7, 11) is 3.85. The molecule has 0 radical (unpaired) electrons. The second-order valence-corrected chi connectivity index (χ2v) is 24.5. The minimum Gasteiger partial charge on any atom is -0.394 e. The van der Waals surface area contributed by atoms with Crippen LogP contribution < -0.4 is 15.6 Å². The maximum Gasteiger partial charge on any atom is 0.371 e. The zero-order chi connectivity index (χ0) is 37.4. The predicted octanol–water partition coefficient (Wildman–Crippen LogP) is 9.38. The molecule has 0 N–H and O–H groups in total. The smallest absolute Gasteiger partial charge is 0.371 e. The molecule has 0 amide bonds. The maximum atomic E-state index is 6.06. The molecule has 290 valence electrons. The molecule has 0 atom stereocenters. The second kappa shape index (κ2) is 25.2. The third kappa shape index (κ3) is 13.7. The monoisotopic (exact) mass is 766 g/mol. The Balaban J connectivity index is 1.45. The average Bonchev–Trinajstić information content (AvgIpc) is 3.21. The zero-order valence-corrected chi connectivity index (χ0v) is 36.4. The van der Waals surface area contributed by atoms with Crippen LogP contribution >= 0.6 is 0 Å². The molecule has 0 aliphatic carbocycles. The largest absolute Gasteiger partial charge is 0.394 e. The molecule has 3 aromatic carbocycles. The summed E-state index contributed by atoms with van der Waals surface area (Å²) in [6.07, 6.45) is 19.0. The molecule has 0 aliphatic rings. The lowest BCUT2D eigenvalue weighted by molar-refractivity contribution is 0.255. The first kappa shape index (κ1) is 44.5. The van der Waals surface area contributed by atoms with E-state index in [1.54, 1.807) is 0 Å². The molecule has 0 spiro atoms. The lowest BCUT2D eigenvalue weighted by atomic mass is 9.90. The molecule has 0 saturated carbocycles. The fourth-order valence-corrected chi connectivity index (χ4v) is 16.2. The summed E-state index contributed by atoms with van der Waals surface area (Å²) in [5, 5.41) is 3.69.